The van der Waals surface area contributed by atoms with Gasteiger partial charge in [0.1, 0.15) is 11.7 Å². The molecule has 0 spiro atoms. The highest BCUT2D eigenvalue weighted by Gasteiger charge is 2.55. The molecule has 5 atom stereocenters. The molecule has 1 aromatic rings. The van der Waals surface area contributed by atoms with E-state index in [4.69, 9.17) is 9.47 Å². The van der Waals surface area contributed by atoms with Crippen molar-refractivity contribution >= 4 is 11.9 Å². The molecular weight excluding hydrogens is 408 g/mol. The predicted molar refractivity (Wildman–Crippen MR) is 118 cm³/mol. The van der Waals surface area contributed by atoms with Gasteiger partial charge in [-0.2, -0.15) is 4.98 Å². The van der Waals surface area contributed by atoms with E-state index in [1.807, 2.05) is 0 Å². The Morgan fingerprint density at radius 3 is 2.53 bits per heavy atom. The minimum Gasteiger partial charge on any atom is -0.474 e. The van der Waals surface area contributed by atoms with Crippen molar-refractivity contribution in [3.8, 4) is 5.88 Å². The van der Waals surface area contributed by atoms with E-state index >= 15 is 0 Å². The Morgan fingerprint density at radius 2 is 1.88 bits per heavy atom. The highest BCUT2D eigenvalue weighted by Crippen LogP contribution is 2.55. The molecule has 1 saturated heterocycles. The summed E-state index contributed by atoms with van der Waals surface area (Å²) in [6, 6.07) is 0.398. The highest BCUT2D eigenvalue weighted by atomic mass is 16.5. The van der Waals surface area contributed by atoms with Crippen molar-refractivity contribution in [3.05, 3.63) is 11.8 Å². The van der Waals surface area contributed by atoms with Crippen molar-refractivity contribution in [1.82, 2.24) is 15.3 Å². The molecule has 8 nitrogen and oxygen atoms in total. The Hall–Kier alpha value is -1.93. The zero-order valence-corrected chi connectivity index (χ0v) is 18.6. The van der Waals surface area contributed by atoms with Crippen molar-refractivity contribution in [2.24, 2.45) is 17.8 Å². The van der Waals surface area contributed by atoms with E-state index in [2.05, 4.69) is 20.6 Å². The first-order valence-electron chi connectivity index (χ1n) is 12.5. The van der Waals surface area contributed by atoms with E-state index in [0.717, 1.165) is 77.4 Å². The molecule has 5 saturated carbocycles. The fourth-order valence-electron chi connectivity index (χ4n) is 6.80. The van der Waals surface area contributed by atoms with Gasteiger partial charge in [0.25, 0.3) is 5.91 Å². The molecule has 1 amide bonds. The monoisotopic (exact) mass is 442 g/mol. The summed E-state index contributed by atoms with van der Waals surface area (Å²) in [7, 11) is 0. The number of amides is 1. The SMILES string of the molecule is O=C(NC1[C@@H]2CC3C[C@H]1CC(O)(C3)C2)c1cnc(NC2CCOCC2)nc1OC1CCC1. The summed E-state index contributed by atoms with van der Waals surface area (Å²) < 4.78 is 11.6. The van der Waals surface area contributed by atoms with Crippen molar-refractivity contribution in [2.75, 3.05) is 18.5 Å². The van der Waals surface area contributed by atoms with Crippen LogP contribution in [-0.2, 0) is 4.74 Å². The summed E-state index contributed by atoms with van der Waals surface area (Å²) in [5.41, 5.74) is -0.0847. The molecular formula is C24H34N4O4. The molecule has 5 aliphatic carbocycles. The lowest BCUT2D eigenvalue weighted by molar-refractivity contribution is -0.136. The van der Waals surface area contributed by atoms with Gasteiger partial charge in [-0.1, -0.05) is 0 Å². The number of carbonyl (C=O) groups is 1. The van der Waals surface area contributed by atoms with Crippen molar-refractivity contribution in [2.45, 2.75) is 88.0 Å². The number of carbonyl (C=O) groups excluding carboxylic acids is 1. The predicted octanol–water partition coefficient (Wildman–Crippen LogP) is 2.67. The summed E-state index contributed by atoms with van der Waals surface area (Å²) >= 11 is 0. The van der Waals surface area contributed by atoms with E-state index in [9.17, 15) is 9.90 Å². The number of hydrogen-bond acceptors (Lipinski definition) is 7. The lowest BCUT2D eigenvalue weighted by atomic mass is 9.52. The minimum atomic E-state index is -0.503. The molecule has 32 heavy (non-hydrogen) atoms. The van der Waals surface area contributed by atoms with E-state index in [-0.39, 0.29) is 24.1 Å². The van der Waals surface area contributed by atoms with Gasteiger partial charge in [-0.25, -0.2) is 4.98 Å². The third-order valence-electron chi connectivity index (χ3n) is 8.42. The van der Waals surface area contributed by atoms with Gasteiger partial charge in [-0.05, 0) is 82.0 Å². The average molecular weight is 443 g/mol. The quantitative estimate of drug-likeness (QED) is 0.622. The first-order chi connectivity index (χ1) is 15.5. The third-order valence-corrected chi connectivity index (χ3v) is 8.42. The summed E-state index contributed by atoms with van der Waals surface area (Å²) in [6.45, 7) is 1.48. The second-order valence-electron chi connectivity index (χ2n) is 10.8. The zero-order valence-electron chi connectivity index (χ0n) is 18.6. The highest BCUT2D eigenvalue weighted by molar-refractivity contribution is 5.96. The topological polar surface area (TPSA) is 106 Å². The molecule has 4 bridgehead atoms. The van der Waals surface area contributed by atoms with Gasteiger partial charge in [0, 0.05) is 31.5 Å². The van der Waals surface area contributed by atoms with Crippen LogP contribution in [0, 0.1) is 17.8 Å². The molecule has 174 valence electrons. The number of rotatable bonds is 6. The molecule has 0 radical (unpaired) electrons. The number of anilines is 1. The van der Waals surface area contributed by atoms with Crippen LogP contribution in [0.1, 0.15) is 74.6 Å². The number of nitrogens with zero attached hydrogens (tertiary/aromatic N) is 2. The van der Waals surface area contributed by atoms with Crippen LogP contribution in [0.4, 0.5) is 5.95 Å². The van der Waals surface area contributed by atoms with Gasteiger partial charge in [-0.15, -0.1) is 0 Å². The van der Waals surface area contributed by atoms with E-state index in [0.29, 0.717) is 35.1 Å². The summed E-state index contributed by atoms with van der Waals surface area (Å²) in [6.07, 6.45) is 11.5. The summed E-state index contributed by atoms with van der Waals surface area (Å²) in [4.78, 5) is 22.4. The van der Waals surface area contributed by atoms with E-state index in [1.165, 1.54) is 0 Å². The molecule has 8 heteroatoms. The molecule has 3 N–H and O–H groups in total. The number of aliphatic hydroxyl groups is 1. The van der Waals surface area contributed by atoms with Gasteiger partial charge in [0.15, 0.2) is 0 Å². The maximum absolute atomic E-state index is 13.4. The molecule has 7 rings (SSSR count). The second kappa shape index (κ2) is 8.13. The molecule has 1 aromatic heterocycles. The van der Waals surface area contributed by atoms with Crippen molar-refractivity contribution in [1.29, 1.82) is 0 Å². The number of hydrogen-bond donors (Lipinski definition) is 3. The van der Waals surface area contributed by atoms with Crippen LogP contribution in [0.25, 0.3) is 0 Å². The molecule has 6 aliphatic rings. The Balaban J connectivity index is 1.19. The largest absolute Gasteiger partial charge is 0.474 e. The number of aromatic nitrogens is 2. The van der Waals surface area contributed by atoms with Crippen LogP contribution in [0.5, 0.6) is 5.88 Å². The van der Waals surface area contributed by atoms with Gasteiger partial charge >= 0.3 is 0 Å². The van der Waals surface area contributed by atoms with Crippen molar-refractivity contribution < 1.29 is 19.4 Å². The Bertz CT molecular complexity index is 854. The van der Waals surface area contributed by atoms with Crippen LogP contribution < -0.4 is 15.4 Å². The average Bonchev–Trinajstić information content (AvgIpc) is 2.73. The summed E-state index contributed by atoms with van der Waals surface area (Å²) in [5, 5.41) is 17.5. The van der Waals surface area contributed by atoms with E-state index in [1.54, 1.807) is 6.20 Å². The van der Waals surface area contributed by atoms with Crippen molar-refractivity contribution in [3.63, 3.8) is 0 Å². The van der Waals surface area contributed by atoms with Crippen LogP contribution in [0.2, 0.25) is 0 Å². The van der Waals surface area contributed by atoms with Gasteiger partial charge in [0.05, 0.1) is 5.60 Å². The standard InChI is InChI=1S/C24H34N4O4/c29-21(27-20-15-8-14-9-16(20)12-24(30,10-14)11-15)19-13-25-23(26-17-4-6-31-7-5-17)28-22(19)32-18-2-1-3-18/h13-18,20,30H,1-12H2,(H,27,29)(H,25,26,28)/t14?,15-,16+,20?,24?. The maximum Gasteiger partial charge on any atom is 0.258 e. The van der Waals surface area contributed by atoms with E-state index < -0.39 is 5.60 Å². The molecule has 2 heterocycles. The van der Waals surface area contributed by atoms with Crippen LogP contribution >= 0.6 is 0 Å². The third kappa shape index (κ3) is 3.96. The fourth-order valence-corrected chi connectivity index (χ4v) is 6.80. The fraction of sp³-hybridized carbons (Fsp3) is 0.792. The lowest BCUT2D eigenvalue weighted by Crippen LogP contribution is -2.61. The van der Waals surface area contributed by atoms with Gasteiger partial charge in [-0.3, -0.25) is 4.79 Å². The maximum atomic E-state index is 13.4. The second-order valence-corrected chi connectivity index (χ2v) is 10.8. The Labute approximate surface area is 188 Å². The Kier molecular flexibility index (Phi) is 5.25. The first-order valence-corrected chi connectivity index (χ1v) is 12.5. The smallest absolute Gasteiger partial charge is 0.258 e. The lowest BCUT2D eigenvalue weighted by Gasteiger charge is -2.58. The van der Waals surface area contributed by atoms with Crippen LogP contribution in [0.3, 0.4) is 0 Å². The molecule has 1 aliphatic heterocycles. The Morgan fingerprint density at radius 1 is 1.12 bits per heavy atom. The van der Waals surface area contributed by atoms with Crippen LogP contribution in [-0.4, -0.2) is 58.0 Å². The molecule has 3 unspecified atom stereocenters. The zero-order chi connectivity index (χ0) is 21.7. The van der Waals surface area contributed by atoms with Gasteiger partial charge in [0.2, 0.25) is 11.8 Å². The number of ether oxygens (including phenoxy) is 2. The van der Waals surface area contributed by atoms with Crippen LogP contribution in [0.15, 0.2) is 6.20 Å². The minimum absolute atomic E-state index is 0.121. The molecule has 0 aromatic carbocycles. The number of nitrogens with one attached hydrogen (secondary N) is 2. The normalized spacial score (nSPS) is 36.5. The molecule has 6 fully saturated rings. The first kappa shape index (κ1) is 20.7. The van der Waals surface area contributed by atoms with Gasteiger partial charge < -0.3 is 25.2 Å². The summed E-state index contributed by atoms with van der Waals surface area (Å²) in [5.74, 6) is 2.09.